The van der Waals surface area contributed by atoms with Gasteiger partial charge in [-0.15, -0.1) is 0 Å². The van der Waals surface area contributed by atoms with Crippen molar-refractivity contribution in [1.82, 2.24) is 4.72 Å². The van der Waals surface area contributed by atoms with Crippen LogP contribution in [0.25, 0.3) is 0 Å². The Morgan fingerprint density at radius 2 is 1.85 bits per heavy atom. The number of anilines is 1. The first-order valence-corrected chi connectivity index (χ1v) is 9.54. The molecule has 2 aromatic carbocycles. The van der Waals surface area contributed by atoms with Crippen molar-refractivity contribution in [2.75, 3.05) is 19.0 Å². The predicted octanol–water partition coefficient (Wildman–Crippen LogP) is 3.30. The minimum atomic E-state index is -3.80. The Labute approximate surface area is 153 Å². The summed E-state index contributed by atoms with van der Waals surface area (Å²) in [6.07, 6.45) is -0.689. The summed E-state index contributed by atoms with van der Waals surface area (Å²) in [6.45, 7) is 3.63. The molecular formula is C18H22N2O5S. The second-order valence-electron chi connectivity index (χ2n) is 5.46. The van der Waals surface area contributed by atoms with E-state index in [1.807, 2.05) is 30.3 Å². The Kier molecular flexibility index (Phi) is 6.59. The number of carbonyl (C=O) groups excluding carboxylic acids is 1. The number of ether oxygens (including phenoxy) is 2. The molecule has 1 amide bonds. The van der Waals surface area contributed by atoms with Crippen LogP contribution in [0.2, 0.25) is 0 Å². The van der Waals surface area contributed by atoms with E-state index in [1.54, 1.807) is 13.8 Å². The monoisotopic (exact) mass is 378 g/mol. The fraction of sp³-hybridized carbons (Fsp3) is 0.278. The maximum Gasteiger partial charge on any atom is 0.411 e. The summed E-state index contributed by atoms with van der Waals surface area (Å²) < 4.78 is 38.0. The first-order chi connectivity index (χ1) is 12.4. The second kappa shape index (κ2) is 8.68. The maximum atomic E-state index is 12.7. The molecule has 0 radical (unpaired) electrons. The quantitative estimate of drug-likeness (QED) is 0.771. The molecule has 0 unspecified atom stereocenters. The number of sulfonamides is 1. The van der Waals surface area contributed by atoms with Gasteiger partial charge in [-0.25, -0.2) is 17.9 Å². The summed E-state index contributed by atoms with van der Waals surface area (Å²) in [4.78, 5) is 11.7. The van der Waals surface area contributed by atoms with Crippen LogP contribution in [0.15, 0.2) is 53.4 Å². The molecule has 0 heterocycles. The fourth-order valence-corrected chi connectivity index (χ4v) is 3.60. The molecule has 0 saturated carbocycles. The van der Waals surface area contributed by atoms with Crippen LogP contribution in [0.5, 0.6) is 5.75 Å². The number of hydrogen-bond acceptors (Lipinski definition) is 5. The molecule has 2 rings (SSSR count). The van der Waals surface area contributed by atoms with Crippen LogP contribution in [0.1, 0.15) is 25.5 Å². The molecule has 26 heavy (non-hydrogen) atoms. The van der Waals surface area contributed by atoms with Crippen LogP contribution >= 0.6 is 0 Å². The molecule has 1 atom stereocenters. The smallest absolute Gasteiger partial charge is 0.411 e. The Morgan fingerprint density at radius 1 is 1.15 bits per heavy atom. The Bertz CT molecular complexity index is 853. The molecule has 140 valence electrons. The molecule has 0 aliphatic heterocycles. The van der Waals surface area contributed by atoms with Crippen molar-refractivity contribution in [3.8, 4) is 5.75 Å². The van der Waals surface area contributed by atoms with Gasteiger partial charge >= 0.3 is 6.09 Å². The number of amides is 1. The van der Waals surface area contributed by atoms with Gasteiger partial charge in [0.25, 0.3) is 0 Å². The van der Waals surface area contributed by atoms with Crippen LogP contribution in [0.4, 0.5) is 10.5 Å². The summed E-state index contributed by atoms with van der Waals surface area (Å²) in [7, 11) is -2.37. The van der Waals surface area contributed by atoms with Crippen LogP contribution in [-0.4, -0.2) is 28.2 Å². The Morgan fingerprint density at radius 3 is 2.46 bits per heavy atom. The summed E-state index contributed by atoms with van der Waals surface area (Å²) in [5, 5.41) is 2.48. The standard InChI is InChI=1S/C18H22N2O5S/c1-4-25-18(21)19-16-12-15(10-11-17(16)24-3)26(22,23)20-13(2)14-8-6-5-7-9-14/h5-13,20H,4H2,1-3H3,(H,19,21)/t13-/m1/s1. The summed E-state index contributed by atoms with van der Waals surface area (Å²) in [5.74, 6) is 0.327. The van der Waals surface area contributed by atoms with Crippen molar-refractivity contribution in [3.63, 3.8) is 0 Å². The Hall–Kier alpha value is -2.58. The zero-order valence-corrected chi connectivity index (χ0v) is 15.7. The lowest BCUT2D eigenvalue weighted by molar-refractivity contribution is 0.168. The fourth-order valence-electron chi connectivity index (χ4n) is 2.34. The second-order valence-corrected chi connectivity index (χ2v) is 7.18. The van der Waals surface area contributed by atoms with Gasteiger partial charge in [0.05, 0.1) is 24.3 Å². The van der Waals surface area contributed by atoms with Gasteiger partial charge in [0.1, 0.15) is 5.75 Å². The highest BCUT2D eigenvalue weighted by Gasteiger charge is 2.20. The highest BCUT2D eigenvalue weighted by Crippen LogP contribution is 2.28. The lowest BCUT2D eigenvalue weighted by atomic mass is 10.1. The number of rotatable bonds is 7. The van der Waals surface area contributed by atoms with Gasteiger partial charge < -0.3 is 9.47 Å². The van der Waals surface area contributed by atoms with Crippen LogP contribution in [0.3, 0.4) is 0 Å². The van der Waals surface area contributed by atoms with Crippen LogP contribution in [0, 0.1) is 0 Å². The average molecular weight is 378 g/mol. The number of methoxy groups -OCH3 is 1. The van der Waals surface area contributed by atoms with Gasteiger partial charge in [0.15, 0.2) is 0 Å². The van der Waals surface area contributed by atoms with Crippen molar-refractivity contribution >= 4 is 21.8 Å². The minimum Gasteiger partial charge on any atom is -0.495 e. The van der Waals surface area contributed by atoms with Crippen molar-refractivity contribution in [2.24, 2.45) is 0 Å². The van der Waals surface area contributed by atoms with Crippen molar-refractivity contribution in [1.29, 1.82) is 0 Å². The van der Waals surface area contributed by atoms with E-state index >= 15 is 0 Å². The van der Waals surface area contributed by atoms with E-state index < -0.39 is 22.2 Å². The number of benzene rings is 2. The van der Waals surface area contributed by atoms with E-state index in [1.165, 1.54) is 25.3 Å². The van der Waals surface area contributed by atoms with Crippen molar-refractivity contribution < 1.29 is 22.7 Å². The minimum absolute atomic E-state index is 0.00730. The number of nitrogens with one attached hydrogen (secondary N) is 2. The molecule has 7 nitrogen and oxygen atoms in total. The third kappa shape index (κ3) is 4.96. The molecule has 0 saturated heterocycles. The van der Waals surface area contributed by atoms with Gasteiger partial charge in [-0.3, -0.25) is 5.32 Å². The molecular weight excluding hydrogens is 356 g/mol. The number of hydrogen-bond donors (Lipinski definition) is 2. The zero-order chi connectivity index (χ0) is 19.2. The van der Waals surface area contributed by atoms with Crippen LogP contribution in [-0.2, 0) is 14.8 Å². The highest BCUT2D eigenvalue weighted by atomic mass is 32.2. The molecule has 8 heteroatoms. The highest BCUT2D eigenvalue weighted by molar-refractivity contribution is 7.89. The maximum absolute atomic E-state index is 12.7. The van der Waals surface area contributed by atoms with E-state index in [0.717, 1.165) is 5.56 Å². The molecule has 0 aliphatic carbocycles. The van der Waals surface area contributed by atoms with E-state index in [4.69, 9.17) is 9.47 Å². The summed E-state index contributed by atoms with van der Waals surface area (Å²) in [6, 6.07) is 13.0. The zero-order valence-electron chi connectivity index (χ0n) is 14.9. The summed E-state index contributed by atoms with van der Waals surface area (Å²) >= 11 is 0. The first-order valence-electron chi connectivity index (χ1n) is 8.06. The third-order valence-electron chi connectivity index (χ3n) is 3.62. The lowest BCUT2D eigenvalue weighted by Crippen LogP contribution is -2.27. The van der Waals surface area contributed by atoms with Gasteiger partial charge in [0, 0.05) is 6.04 Å². The average Bonchev–Trinajstić information content (AvgIpc) is 2.62. The Balaban J connectivity index is 2.27. The largest absolute Gasteiger partial charge is 0.495 e. The molecule has 2 N–H and O–H groups in total. The van der Waals surface area contributed by atoms with Gasteiger partial charge in [-0.05, 0) is 37.6 Å². The molecule has 0 fully saturated rings. The summed E-state index contributed by atoms with van der Waals surface area (Å²) in [5.41, 5.74) is 1.05. The lowest BCUT2D eigenvalue weighted by Gasteiger charge is -2.16. The number of carbonyl (C=O) groups is 1. The third-order valence-corrected chi connectivity index (χ3v) is 5.16. The van der Waals surface area contributed by atoms with Crippen molar-refractivity contribution in [3.05, 3.63) is 54.1 Å². The van der Waals surface area contributed by atoms with E-state index in [2.05, 4.69) is 10.0 Å². The molecule has 0 bridgehead atoms. The SMILES string of the molecule is CCOC(=O)Nc1cc(S(=O)(=O)N[C@H](C)c2ccccc2)ccc1OC. The van der Waals surface area contributed by atoms with Gasteiger partial charge in [0.2, 0.25) is 10.0 Å². The van der Waals surface area contributed by atoms with Gasteiger partial charge in [-0.1, -0.05) is 30.3 Å². The predicted molar refractivity (Wildman–Crippen MR) is 98.8 cm³/mol. The van der Waals surface area contributed by atoms with Gasteiger partial charge in [-0.2, -0.15) is 0 Å². The van der Waals surface area contributed by atoms with E-state index in [-0.39, 0.29) is 17.2 Å². The molecule has 0 spiro atoms. The van der Waals surface area contributed by atoms with E-state index in [9.17, 15) is 13.2 Å². The van der Waals surface area contributed by atoms with E-state index in [0.29, 0.717) is 5.75 Å². The molecule has 0 aliphatic rings. The molecule has 0 aromatic heterocycles. The topological polar surface area (TPSA) is 93.7 Å². The van der Waals surface area contributed by atoms with Crippen molar-refractivity contribution in [2.45, 2.75) is 24.8 Å². The normalized spacial score (nSPS) is 12.3. The molecule has 2 aromatic rings. The first kappa shape index (κ1) is 19.7. The van der Waals surface area contributed by atoms with Crippen LogP contribution < -0.4 is 14.8 Å².